The SMILES string of the molecule is O/N=C1/CCCC1N1CCN(Cc2ccccc2)CC1. The Balaban J connectivity index is 1.52. The van der Waals surface area contributed by atoms with Gasteiger partial charge < -0.3 is 5.21 Å². The second kappa shape index (κ2) is 6.37. The van der Waals surface area contributed by atoms with E-state index in [1.54, 1.807) is 0 Å². The number of hydrogen-bond donors (Lipinski definition) is 1. The van der Waals surface area contributed by atoms with Crippen LogP contribution < -0.4 is 0 Å². The molecule has 0 bridgehead atoms. The van der Waals surface area contributed by atoms with Crippen molar-refractivity contribution in [3.8, 4) is 0 Å². The average molecular weight is 273 g/mol. The van der Waals surface area contributed by atoms with Gasteiger partial charge in [0.2, 0.25) is 0 Å². The van der Waals surface area contributed by atoms with E-state index in [-0.39, 0.29) is 0 Å². The Morgan fingerprint density at radius 3 is 2.55 bits per heavy atom. The molecule has 0 spiro atoms. The second-order valence-electron chi connectivity index (χ2n) is 5.80. The van der Waals surface area contributed by atoms with Crippen molar-refractivity contribution >= 4 is 5.71 Å². The first-order chi connectivity index (χ1) is 9.86. The summed E-state index contributed by atoms with van der Waals surface area (Å²) >= 11 is 0. The summed E-state index contributed by atoms with van der Waals surface area (Å²) in [6.07, 6.45) is 3.28. The van der Waals surface area contributed by atoms with E-state index < -0.39 is 0 Å². The van der Waals surface area contributed by atoms with Gasteiger partial charge in [-0.05, 0) is 24.8 Å². The van der Waals surface area contributed by atoms with E-state index >= 15 is 0 Å². The van der Waals surface area contributed by atoms with Gasteiger partial charge in [-0.3, -0.25) is 9.80 Å². The number of nitrogens with zero attached hydrogens (tertiary/aromatic N) is 3. The van der Waals surface area contributed by atoms with Gasteiger partial charge in [0.25, 0.3) is 0 Å². The normalized spacial score (nSPS) is 27.2. The number of oxime groups is 1. The van der Waals surface area contributed by atoms with Crippen molar-refractivity contribution in [1.29, 1.82) is 0 Å². The molecular weight excluding hydrogens is 250 g/mol. The zero-order valence-electron chi connectivity index (χ0n) is 11.9. The maximum absolute atomic E-state index is 9.06. The fourth-order valence-electron chi connectivity index (χ4n) is 3.39. The van der Waals surface area contributed by atoms with E-state index in [1.807, 2.05) is 0 Å². The molecule has 1 aromatic carbocycles. The Labute approximate surface area is 120 Å². The first-order valence-electron chi connectivity index (χ1n) is 7.58. The first kappa shape index (κ1) is 13.6. The third-order valence-electron chi connectivity index (χ3n) is 4.52. The molecule has 2 aliphatic rings. The molecule has 1 aliphatic carbocycles. The summed E-state index contributed by atoms with van der Waals surface area (Å²) in [5.41, 5.74) is 2.38. The fraction of sp³-hybridized carbons (Fsp3) is 0.562. The summed E-state index contributed by atoms with van der Waals surface area (Å²) in [6.45, 7) is 5.40. The fourth-order valence-corrected chi connectivity index (χ4v) is 3.39. The van der Waals surface area contributed by atoms with Gasteiger partial charge in [0.1, 0.15) is 0 Å². The lowest BCUT2D eigenvalue weighted by molar-refractivity contribution is 0.112. The lowest BCUT2D eigenvalue weighted by Gasteiger charge is -2.38. The van der Waals surface area contributed by atoms with Crippen LogP contribution in [0.2, 0.25) is 0 Å². The van der Waals surface area contributed by atoms with Crippen LogP contribution in [0, 0.1) is 0 Å². The number of piperazine rings is 1. The van der Waals surface area contributed by atoms with Crippen molar-refractivity contribution in [2.45, 2.75) is 31.8 Å². The van der Waals surface area contributed by atoms with Gasteiger partial charge >= 0.3 is 0 Å². The number of benzene rings is 1. The smallest absolute Gasteiger partial charge is 0.0742 e. The highest BCUT2D eigenvalue weighted by atomic mass is 16.4. The van der Waals surface area contributed by atoms with Gasteiger partial charge in [-0.15, -0.1) is 0 Å². The van der Waals surface area contributed by atoms with Crippen LogP contribution in [0.25, 0.3) is 0 Å². The Bertz CT molecular complexity index is 452. The molecular formula is C16H23N3O. The largest absolute Gasteiger partial charge is 0.411 e. The van der Waals surface area contributed by atoms with Crippen LogP contribution in [0.4, 0.5) is 0 Å². The van der Waals surface area contributed by atoms with Crippen LogP contribution in [0.1, 0.15) is 24.8 Å². The molecule has 1 unspecified atom stereocenters. The molecule has 3 rings (SSSR count). The molecule has 2 fully saturated rings. The topological polar surface area (TPSA) is 39.1 Å². The van der Waals surface area contributed by atoms with Gasteiger partial charge in [-0.2, -0.15) is 0 Å². The van der Waals surface area contributed by atoms with Crippen molar-refractivity contribution in [1.82, 2.24) is 9.80 Å². The van der Waals surface area contributed by atoms with Gasteiger partial charge in [0, 0.05) is 32.7 Å². The molecule has 20 heavy (non-hydrogen) atoms. The highest BCUT2D eigenvalue weighted by Crippen LogP contribution is 2.23. The molecule has 1 aliphatic heterocycles. The van der Waals surface area contributed by atoms with Gasteiger partial charge in [0.05, 0.1) is 11.8 Å². The number of hydrogen-bond acceptors (Lipinski definition) is 4. The molecule has 1 saturated carbocycles. The molecule has 108 valence electrons. The van der Waals surface area contributed by atoms with Crippen LogP contribution in [-0.2, 0) is 6.54 Å². The van der Waals surface area contributed by atoms with Gasteiger partial charge in [-0.25, -0.2) is 0 Å². The number of rotatable bonds is 3. The van der Waals surface area contributed by atoms with E-state index in [4.69, 9.17) is 5.21 Å². The van der Waals surface area contributed by atoms with Crippen molar-refractivity contribution in [2.24, 2.45) is 5.16 Å². The minimum Gasteiger partial charge on any atom is -0.411 e. The summed E-state index contributed by atoms with van der Waals surface area (Å²) in [5, 5.41) is 12.6. The molecule has 1 saturated heterocycles. The molecule has 0 radical (unpaired) electrons. The van der Waals surface area contributed by atoms with Crippen molar-refractivity contribution in [2.75, 3.05) is 26.2 Å². The molecule has 1 aromatic rings. The molecule has 4 heteroatoms. The Morgan fingerprint density at radius 2 is 1.85 bits per heavy atom. The highest BCUT2D eigenvalue weighted by Gasteiger charge is 2.31. The minimum absolute atomic E-state index is 0.388. The Kier molecular flexibility index (Phi) is 4.33. The second-order valence-corrected chi connectivity index (χ2v) is 5.80. The molecule has 0 amide bonds. The quantitative estimate of drug-likeness (QED) is 0.678. The first-order valence-corrected chi connectivity index (χ1v) is 7.58. The lowest BCUT2D eigenvalue weighted by atomic mass is 10.1. The summed E-state index contributed by atoms with van der Waals surface area (Å²) in [7, 11) is 0. The van der Waals surface area contributed by atoms with Crippen molar-refractivity contribution < 1.29 is 5.21 Å². The average Bonchev–Trinajstić information content (AvgIpc) is 2.98. The van der Waals surface area contributed by atoms with E-state index in [0.717, 1.165) is 57.7 Å². The van der Waals surface area contributed by atoms with E-state index in [9.17, 15) is 0 Å². The summed E-state index contributed by atoms with van der Waals surface area (Å²) < 4.78 is 0. The molecule has 0 aromatic heterocycles. The zero-order chi connectivity index (χ0) is 13.8. The molecule has 4 nitrogen and oxygen atoms in total. The van der Waals surface area contributed by atoms with Crippen molar-refractivity contribution in [3.05, 3.63) is 35.9 Å². The van der Waals surface area contributed by atoms with Crippen LogP contribution in [0.15, 0.2) is 35.5 Å². The molecule has 1 N–H and O–H groups in total. The summed E-state index contributed by atoms with van der Waals surface area (Å²) in [4.78, 5) is 5.00. The minimum atomic E-state index is 0.388. The summed E-state index contributed by atoms with van der Waals surface area (Å²) in [6, 6.07) is 11.1. The van der Waals surface area contributed by atoms with E-state index in [2.05, 4.69) is 45.3 Å². The predicted molar refractivity (Wildman–Crippen MR) is 80.2 cm³/mol. The molecule has 1 atom stereocenters. The highest BCUT2D eigenvalue weighted by molar-refractivity contribution is 5.90. The third-order valence-corrected chi connectivity index (χ3v) is 4.52. The van der Waals surface area contributed by atoms with Gasteiger partial charge in [0.15, 0.2) is 0 Å². The Hall–Kier alpha value is -1.39. The van der Waals surface area contributed by atoms with E-state index in [1.165, 1.54) is 5.56 Å². The van der Waals surface area contributed by atoms with Crippen LogP contribution in [-0.4, -0.2) is 52.9 Å². The maximum Gasteiger partial charge on any atom is 0.0742 e. The van der Waals surface area contributed by atoms with Gasteiger partial charge in [-0.1, -0.05) is 35.5 Å². The maximum atomic E-state index is 9.06. The molecule has 1 heterocycles. The standard InChI is InChI=1S/C16H23N3O/c20-17-15-7-4-8-16(15)19-11-9-18(10-12-19)13-14-5-2-1-3-6-14/h1-3,5-6,16,20H,4,7-13H2/b17-15-. The Morgan fingerprint density at radius 1 is 1.10 bits per heavy atom. The van der Waals surface area contributed by atoms with Crippen LogP contribution in [0.3, 0.4) is 0 Å². The van der Waals surface area contributed by atoms with Crippen molar-refractivity contribution in [3.63, 3.8) is 0 Å². The van der Waals surface area contributed by atoms with Crippen LogP contribution in [0.5, 0.6) is 0 Å². The monoisotopic (exact) mass is 273 g/mol. The summed E-state index contributed by atoms with van der Waals surface area (Å²) in [5.74, 6) is 0. The lowest BCUT2D eigenvalue weighted by Crippen LogP contribution is -2.51. The third kappa shape index (κ3) is 3.02. The predicted octanol–water partition coefficient (Wildman–Crippen LogP) is 2.19. The zero-order valence-corrected chi connectivity index (χ0v) is 11.9. The van der Waals surface area contributed by atoms with E-state index in [0.29, 0.717) is 6.04 Å². The van der Waals surface area contributed by atoms with Crippen LogP contribution >= 0.6 is 0 Å².